The topological polar surface area (TPSA) is 105 Å². The van der Waals surface area contributed by atoms with Crippen molar-refractivity contribution in [2.45, 2.75) is 38.9 Å². The van der Waals surface area contributed by atoms with Gasteiger partial charge in [0.25, 0.3) is 5.91 Å². The van der Waals surface area contributed by atoms with Crippen LogP contribution in [0.2, 0.25) is 5.02 Å². The molecule has 180 valence electrons. The third-order valence-electron chi connectivity index (χ3n) is 5.99. The molecular weight excluding hydrogens is 471 g/mol. The molecule has 5 rings (SSSR count). The first-order valence-electron chi connectivity index (χ1n) is 11.4. The van der Waals surface area contributed by atoms with Gasteiger partial charge in [0.15, 0.2) is 0 Å². The minimum atomic E-state index is -0.429. The van der Waals surface area contributed by atoms with Gasteiger partial charge in [-0.3, -0.25) is 19.3 Å². The van der Waals surface area contributed by atoms with Gasteiger partial charge in [0, 0.05) is 66.3 Å². The predicted molar refractivity (Wildman–Crippen MR) is 129 cm³/mol. The number of aromatic amines is 1. The van der Waals surface area contributed by atoms with Gasteiger partial charge < -0.3 is 15.6 Å². The van der Waals surface area contributed by atoms with Gasteiger partial charge in [-0.05, 0) is 42.5 Å². The maximum absolute atomic E-state index is 14.4. The summed E-state index contributed by atoms with van der Waals surface area (Å²) in [6.45, 7) is 0.866. The number of halogens is 2. The van der Waals surface area contributed by atoms with Crippen LogP contribution in [-0.4, -0.2) is 31.6 Å². The molecule has 3 heterocycles. The highest BCUT2D eigenvalue weighted by Gasteiger charge is 2.24. The van der Waals surface area contributed by atoms with Crippen LogP contribution < -0.4 is 10.6 Å². The summed E-state index contributed by atoms with van der Waals surface area (Å²) in [5, 5.41) is 11.2. The van der Waals surface area contributed by atoms with Crippen molar-refractivity contribution >= 4 is 34.3 Å². The van der Waals surface area contributed by atoms with E-state index in [4.69, 9.17) is 11.6 Å². The fraction of sp³-hybridized carbons (Fsp3) is 0.280. The second-order valence-electron chi connectivity index (χ2n) is 8.86. The number of fused-ring (bicyclic) bond motifs is 1. The maximum atomic E-state index is 14.4. The number of aromatic nitrogens is 4. The highest BCUT2D eigenvalue weighted by Crippen LogP contribution is 2.32. The van der Waals surface area contributed by atoms with Crippen molar-refractivity contribution in [1.82, 2.24) is 30.4 Å². The predicted octanol–water partition coefficient (Wildman–Crippen LogP) is 3.95. The van der Waals surface area contributed by atoms with Crippen molar-refractivity contribution in [3.05, 3.63) is 82.3 Å². The lowest BCUT2D eigenvalue weighted by molar-refractivity contribution is -0.121. The summed E-state index contributed by atoms with van der Waals surface area (Å²) in [6.07, 6.45) is 11.2. The average Bonchev–Trinajstić information content (AvgIpc) is 3.43. The number of hydrogen-bond acceptors (Lipinski definition) is 4. The van der Waals surface area contributed by atoms with Crippen LogP contribution in [0.1, 0.15) is 46.3 Å². The first-order valence-corrected chi connectivity index (χ1v) is 11.8. The fourth-order valence-electron chi connectivity index (χ4n) is 3.89. The standard InChI is InChI=1S/C25H24ClFN6O2/c26-21-12-29-23-6-22(27)18(5-20(21)23)11-31-25(35)19-3-16(7-28-10-19)13-33-14-17(9-32-33)8-30-24(34)4-15-1-2-15/h3,5-7,9-10,12,14-15,29H,1-2,4,8,11,13H2,(H,30,34)(H,31,35). The number of H-pyrrole nitrogens is 1. The summed E-state index contributed by atoms with van der Waals surface area (Å²) in [6, 6.07) is 4.72. The molecule has 1 aliphatic carbocycles. The molecule has 2 amide bonds. The van der Waals surface area contributed by atoms with E-state index in [0.29, 0.717) is 52.5 Å². The summed E-state index contributed by atoms with van der Waals surface area (Å²) < 4.78 is 16.1. The molecule has 3 N–H and O–H groups in total. The number of hydrogen-bond donors (Lipinski definition) is 3. The lowest BCUT2D eigenvalue weighted by Crippen LogP contribution is -2.23. The number of pyridine rings is 1. The summed E-state index contributed by atoms with van der Waals surface area (Å²) in [5.74, 6) is -0.172. The zero-order valence-corrected chi connectivity index (χ0v) is 19.6. The normalized spacial score (nSPS) is 13.2. The molecule has 0 aliphatic heterocycles. The zero-order valence-electron chi connectivity index (χ0n) is 18.9. The minimum absolute atomic E-state index is 0.0152. The number of rotatable bonds is 9. The third-order valence-corrected chi connectivity index (χ3v) is 6.30. The van der Waals surface area contributed by atoms with Gasteiger partial charge in [-0.1, -0.05) is 11.6 Å². The Morgan fingerprint density at radius 3 is 2.80 bits per heavy atom. The Morgan fingerprint density at radius 1 is 1.11 bits per heavy atom. The number of carbonyl (C=O) groups excluding carboxylic acids is 2. The second kappa shape index (κ2) is 9.87. The second-order valence-corrected chi connectivity index (χ2v) is 9.27. The van der Waals surface area contributed by atoms with Crippen LogP contribution in [0.4, 0.5) is 4.39 Å². The lowest BCUT2D eigenvalue weighted by atomic mass is 10.1. The molecule has 4 aromatic rings. The van der Waals surface area contributed by atoms with Crippen LogP contribution in [0.5, 0.6) is 0 Å². The number of nitrogens with one attached hydrogen (secondary N) is 3. The van der Waals surface area contributed by atoms with Gasteiger partial charge in [-0.15, -0.1) is 0 Å². The Bertz CT molecular complexity index is 1390. The van der Waals surface area contributed by atoms with Crippen molar-refractivity contribution in [3.8, 4) is 0 Å². The van der Waals surface area contributed by atoms with Gasteiger partial charge in [0.05, 0.1) is 23.3 Å². The highest BCUT2D eigenvalue weighted by molar-refractivity contribution is 6.35. The fourth-order valence-corrected chi connectivity index (χ4v) is 4.10. The summed E-state index contributed by atoms with van der Waals surface area (Å²) in [7, 11) is 0. The van der Waals surface area contributed by atoms with Gasteiger partial charge in [-0.2, -0.15) is 5.10 Å². The van der Waals surface area contributed by atoms with Crippen LogP contribution in [-0.2, 0) is 24.4 Å². The number of benzene rings is 1. The number of carbonyl (C=O) groups is 2. The first-order chi connectivity index (χ1) is 16.9. The third kappa shape index (κ3) is 5.68. The van der Waals surface area contributed by atoms with Crippen LogP contribution >= 0.6 is 11.6 Å². The van der Waals surface area contributed by atoms with E-state index in [1.165, 1.54) is 12.3 Å². The molecule has 1 fully saturated rings. The van der Waals surface area contributed by atoms with Crippen molar-refractivity contribution < 1.29 is 14.0 Å². The summed E-state index contributed by atoms with van der Waals surface area (Å²) in [4.78, 5) is 31.6. The Labute approximate surface area is 205 Å². The Balaban J connectivity index is 1.18. The molecule has 0 spiro atoms. The van der Waals surface area contributed by atoms with Crippen LogP contribution in [0.3, 0.4) is 0 Å². The maximum Gasteiger partial charge on any atom is 0.253 e. The van der Waals surface area contributed by atoms with E-state index < -0.39 is 5.82 Å². The van der Waals surface area contributed by atoms with Crippen molar-refractivity contribution in [1.29, 1.82) is 0 Å². The molecule has 0 unspecified atom stereocenters. The molecule has 0 radical (unpaired) electrons. The van der Waals surface area contributed by atoms with E-state index in [1.54, 1.807) is 35.4 Å². The van der Waals surface area contributed by atoms with E-state index in [9.17, 15) is 14.0 Å². The molecular formula is C25H24ClFN6O2. The van der Waals surface area contributed by atoms with E-state index >= 15 is 0 Å². The van der Waals surface area contributed by atoms with E-state index in [1.807, 2.05) is 6.20 Å². The molecule has 1 aromatic carbocycles. The molecule has 1 aliphatic rings. The minimum Gasteiger partial charge on any atom is -0.360 e. The molecule has 0 bridgehead atoms. The molecule has 1 saturated carbocycles. The van der Waals surface area contributed by atoms with E-state index in [0.717, 1.165) is 24.0 Å². The first kappa shape index (κ1) is 23.0. The van der Waals surface area contributed by atoms with Crippen molar-refractivity contribution in [3.63, 3.8) is 0 Å². The van der Waals surface area contributed by atoms with Crippen molar-refractivity contribution in [2.24, 2.45) is 5.92 Å². The largest absolute Gasteiger partial charge is 0.360 e. The Morgan fingerprint density at radius 2 is 1.97 bits per heavy atom. The summed E-state index contributed by atoms with van der Waals surface area (Å²) >= 11 is 6.12. The Hall–Kier alpha value is -3.72. The molecule has 35 heavy (non-hydrogen) atoms. The van der Waals surface area contributed by atoms with E-state index in [2.05, 4.69) is 25.7 Å². The highest BCUT2D eigenvalue weighted by atomic mass is 35.5. The Kier molecular flexibility index (Phi) is 6.50. The quantitative estimate of drug-likeness (QED) is 0.327. The molecule has 0 saturated heterocycles. The monoisotopic (exact) mass is 494 g/mol. The van der Waals surface area contributed by atoms with Crippen LogP contribution in [0.15, 0.2) is 49.2 Å². The lowest BCUT2D eigenvalue weighted by Gasteiger charge is -2.08. The van der Waals surface area contributed by atoms with Gasteiger partial charge in [-0.25, -0.2) is 4.39 Å². The van der Waals surface area contributed by atoms with Gasteiger partial charge in [0.2, 0.25) is 5.91 Å². The van der Waals surface area contributed by atoms with E-state index in [-0.39, 0.29) is 18.4 Å². The van der Waals surface area contributed by atoms with Crippen molar-refractivity contribution in [2.75, 3.05) is 0 Å². The SMILES string of the molecule is O=C(CC1CC1)NCc1cnn(Cc2cncc(C(=O)NCc3cc4c(Cl)c[nH]c4cc3F)c2)c1. The molecule has 3 aromatic heterocycles. The van der Waals surface area contributed by atoms with Crippen LogP contribution in [0, 0.1) is 11.7 Å². The zero-order chi connectivity index (χ0) is 24.4. The van der Waals surface area contributed by atoms with Gasteiger partial charge >= 0.3 is 0 Å². The van der Waals surface area contributed by atoms with Crippen LogP contribution in [0.25, 0.3) is 10.9 Å². The van der Waals surface area contributed by atoms with Gasteiger partial charge in [0.1, 0.15) is 5.82 Å². The summed E-state index contributed by atoms with van der Waals surface area (Å²) in [5.41, 5.74) is 2.99. The smallest absolute Gasteiger partial charge is 0.253 e. The molecule has 10 heteroatoms. The molecule has 8 nitrogen and oxygen atoms in total. The average molecular weight is 495 g/mol. The number of amides is 2. The number of nitrogens with zero attached hydrogens (tertiary/aromatic N) is 3. The molecule has 0 atom stereocenters.